The first-order valence-electron chi connectivity index (χ1n) is 10.2. The highest BCUT2D eigenvalue weighted by atomic mass is 16.5. The summed E-state index contributed by atoms with van der Waals surface area (Å²) in [6.45, 7) is 2.85. The zero-order valence-electron chi connectivity index (χ0n) is 16.8. The molecule has 4 rings (SSSR count). The molecule has 1 N–H and O–H groups in total. The molecule has 0 bridgehead atoms. The van der Waals surface area contributed by atoms with Gasteiger partial charge in [0.25, 0.3) is 5.91 Å². The Bertz CT molecular complexity index is 955. The van der Waals surface area contributed by atoms with E-state index in [4.69, 9.17) is 9.47 Å². The van der Waals surface area contributed by atoms with Gasteiger partial charge in [0.05, 0.1) is 17.4 Å². The average Bonchev–Trinajstić information content (AvgIpc) is 3.33. The number of carbonyl (C=O) groups excluding carboxylic acids is 1. The lowest BCUT2D eigenvalue weighted by atomic mass is 10.2. The van der Waals surface area contributed by atoms with Gasteiger partial charge in [0.15, 0.2) is 0 Å². The third-order valence-electron chi connectivity index (χ3n) is 4.95. The second-order valence-electron chi connectivity index (χ2n) is 7.06. The number of rotatable bonds is 8. The van der Waals surface area contributed by atoms with E-state index in [1.54, 1.807) is 12.1 Å². The summed E-state index contributed by atoms with van der Waals surface area (Å²) in [5.41, 5.74) is 1.55. The van der Waals surface area contributed by atoms with Crippen LogP contribution in [0.25, 0.3) is 0 Å². The maximum atomic E-state index is 12.8. The predicted octanol–water partition coefficient (Wildman–Crippen LogP) is 4.39. The lowest BCUT2D eigenvalue weighted by Crippen LogP contribution is -2.18. The summed E-state index contributed by atoms with van der Waals surface area (Å²) in [6, 6.07) is 20.6. The Balaban J connectivity index is 1.33. The molecule has 1 saturated heterocycles. The molecule has 1 amide bonds. The van der Waals surface area contributed by atoms with Gasteiger partial charge < -0.3 is 19.7 Å². The molecular formula is C24H25N3O3. The molecule has 0 atom stereocenters. The Hall–Kier alpha value is -3.54. The largest absolute Gasteiger partial charge is 0.490 e. The molecule has 30 heavy (non-hydrogen) atoms. The number of benzene rings is 2. The second-order valence-corrected chi connectivity index (χ2v) is 7.06. The number of hydrogen-bond acceptors (Lipinski definition) is 5. The van der Waals surface area contributed by atoms with Gasteiger partial charge in [-0.15, -0.1) is 0 Å². The molecule has 154 valence electrons. The van der Waals surface area contributed by atoms with Crippen molar-refractivity contribution in [2.45, 2.75) is 12.8 Å². The number of nitrogens with zero attached hydrogens (tertiary/aromatic N) is 2. The lowest BCUT2D eigenvalue weighted by molar-refractivity contribution is 0.102. The van der Waals surface area contributed by atoms with Crippen LogP contribution in [0.15, 0.2) is 72.9 Å². The smallest absolute Gasteiger partial charge is 0.260 e. The summed E-state index contributed by atoms with van der Waals surface area (Å²) in [4.78, 5) is 19.5. The van der Waals surface area contributed by atoms with Gasteiger partial charge in [-0.05, 0) is 49.2 Å². The molecule has 1 aliphatic heterocycles. The van der Waals surface area contributed by atoms with Crippen LogP contribution in [0.2, 0.25) is 0 Å². The van der Waals surface area contributed by atoms with Crippen LogP contribution in [-0.4, -0.2) is 37.2 Å². The molecule has 0 unspecified atom stereocenters. The number of nitrogens with one attached hydrogen (secondary N) is 1. The number of amides is 1. The minimum atomic E-state index is -0.254. The standard InChI is InChI=1S/C24H25N3O3/c28-24(26-23-13-12-19(18-25-23)27-14-6-7-15-27)21-10-4-5-11-22(21)30-17-16-29-20-8-2-1-3-9-20/h1-5,8-13,18H,6-7,14-17H2,(H,25,26,28). The molecule has 0 saturated carbocycles. The summed E-state index contributed by atoms with van der Waals surface area (Å²) < 4.78 is 11.4. The maximum absolute atomic E-state index is 12.8. The number of anilines is 2. The van der Waals surface area contributed by atoms with E-state index in [2.05, 4.69) is 15.2 Å². The van der Waals surface area contributed by atoms with E-state index in [9.17, 15) is 4.79 Å². The molecular weight excluding hydrogens is 378 g/mol. The highest BCUT2D eigenvalue weighted by molar-refractivity contribution is 6.05. The normalized spacial score (nSPS) is 13.1. The molecule has 2 heterocycles. The van der Waals surface area contributed by atoms with Gasteiger partial charge in [-0.1, -0.05) is 30.3 Å². The molecule has 1 fully saturated rings. The van der Waals surface area contributed by atoms with Crippen molar-refractivity contribution in [1.82, 2.24) is 4.98 Å². The van der Waals surface area contributed by atoms with E-state index in [0.717, 1.165) is 24.5 Å². The Morgan fingerprint density at radius 3 is 2.40 bits per heavy atom. The van der Waals surface area contributed by atoms with Crippen LogP contribution in [0.4, 0.5) is 11.5 Å². The van der Waals surface area contributed by atoms with Crippen molar-refractivity contribution in [2.75, 3.05) is 36.5 Å². The second kappa shape index (κ2) is 9.78. The number of ether oxygens (including phenoxy) is 2. The topological polar surface area (TPSA) is 63.7 Å². The summed E-state index contributed by atoms with van der Waals surface area (Å²) in [5, 5.41) is 2.85. The maximum Gasteiger partial charge on any atom is 0.260 e. The summed E-state index contributed by atoms with van der Waals surface area (Å²) in [5.74, 6) is 1.57. The lowest BCUT2D eigenvalue weighted by Gasteiger charge is -2.17. The minimum absolute atomic E-state index is 0.254. The van der Waals surface area contributed by atoms with E-state index < -0.39 is 0 Å². The first kappa shape index (κ1) is 19.8. The van der Waals surface area contributed by atoms with Gasteiger partial charge in [0, 0.05) is 13.1 Å². The molecule has 6 nitrogen and oxygen atoms in total. The van der Waals surface area contributed by atoms with E-state index in [1.807, 2.05) is 60.8 Å². The number of pyridine rings is 1. The Morgan fingerprint density at radius 1 is 0.900 bits per heavy atom. The van der Waals surface area contributed by atoms with Gasteiger partial charge in [0.2, 0.25) is 0 Å². The molecule has 0 spiro atoms. The summed E-state index contributed by atoms with van der Waals surface area (Å²) >= 11 is 0. The van der Waals surface area contributed by atoms with Crippen LogP contribution in [0.1, 0.15) is 23.2 Å². The SMILES string of the molecule is O=C(Nc1ccc(N2CCCC2)cn1)c1ccccc1OCCOc1ccccc1. The van der Waals surface area contributed by atoms with Gasteiger partial charge in [0.1, 0.15) is 30.5 Å². The number of carbonyl (C=O) groups is 1. The molecule has 6 heteroatoms. The number of aromatic nitrogens is 1. The van der Waals surface area contributed by atoms with Crippen molar-refractivity contribution in [3.05, 3.63) is 78.5 Å². The molecule has 1 aliphatic rings. The number of para-hydroxylation sites is 2. The van der Waals surface area contributed by atoms with Gasteiger partial charge in [-0.3, -0.25) is 4.79 Å². The molecule has 3 aromatic rings. The monoisotopic (exact) mass is 403 g/mol. The minimum Gasteiger partial charge on any atom is -0.490 e. The van der Waals surface area contributed by atoms with Crippen LogP contribution in [-0.2, 0) is 0 Å². The Kier molecular flexibility index (Phi) is 6.44. The highest BCUT2D eigenvalue weighted by Gasteiger charge is 2.15. The zero-order chi connectivity index (χ0) is 20.6. The van der Waals surface area contributed by atoms with E-state index in [1.165, 1.54) is 12.8 Å². The predicted molar refractivity (Wildman–Crippen MR) is 118 cm³/mol. The van der Waals surface area contributed by atoms with Gasteiger partial charge >= 0.3 is 0 Å². The summed E-state index contributed by atoms with van der Waals surface area (Å²) in [6.07, 6.45) is 4.24. The van der Waals surface area contributed by atoms with Crippen molar-refractivity contribution in [1.29, 1.82) is 0 Å². The van der Waals surface area contributed by atoms with Crippen LogP contribution in [0.5, 0.6) is 11.5 Å². The van der Waals surface area contributed by atoms with Crippen molar-refractivity contribution in [3.8, 4) is 11.5 Å². The Labute approximate surface area is 176 Å². The van der Waals surface area contributed by atoms with Crippen molar-refractivity contribution in [3.63, 3.8) is 0 Å². The first-order valence-corrected chi connectivity index (χ1v) is 10.2. The summed E-state index contributed by atoms with van der Waals surface area (Å²) in [7, 11) is 0. The highest BCUT2D eigenvalue weighted by Crippen LogP contribution is 2.22. The van der Waals surface area contributed by atoms with Gasteiger partial charge in [-0.25, -0.2) is 4.98 Å². The van der Waals surface area contributed by atoms with Gasteiger partial charge in [-0.2, -0.15) is 0 Å². The molecule has 0 radical (unpaired) electrons. The quantitative estimate of drug-likeness (QED) is 0.565. The fourth-order valence-electron chi connectivity index (χ4n) is 3.41. The van der Waals surface area contributed by atoms with Crippen LogP contribution in [0.3, 0.4) is 0 Å². The third kappa shape index (κ3) is 5.08. The first-order chi connectivity index (χ1) is 14.8. The van der Waals surface area contributed by atoms with Crippen molar-refractivity contribution < 1.29 is 14.3 Å². The van der Waals surface area contributed by atoms with Crippen LogP contribution < -0.4 is 19.7 Å². The fraction of sp³-hybridized carbons (Fsp3) is 0.250. The van der Waals surface area contributed by atoms with Crippen molar-refractivity contribution in [2.24, 2.45) is 0 Å². The molecule has 1 aromatic heterocycles. The van der Waals surface area contributed by atoms with Crippen LogP contribution >= 0.6 is 0 Å². The number of hydrogen-bond donors (Lipinski definition) is 1. The fourth-order valence-corrected chi connectivity index (χ4v) is 3.41. The molecule has 2 aromatic carbocycles. The van der Waals surface area contributed by atoms with E-state index >= 15 is 0 Å². The van der Waals surface area contributed by atoms with E-state index in [0.29, 0.717) is 30.3 Å². The Morgan fingerprint density at radius 2 is 1.63 bits per heavy atom. The average molecular weight is 403 g/mol. The van der Waals surface area contributed by atoms with E-state index in [-0.39, 0.29) is 5.91 Å². The zero-order valence-corrected chi connectivity index (χ0v) is 16.8. The van der Waals surface area contributed by atoms with Crippen LogP contribution in [0, 0.1) is 0 Å². The third-order valence-corrected chi connectivity index (χ3v) is 4.95. The molecule has 0 aliphatic carbocycles. The van der Waals surface area contributed by atoms with Crippen molar-refractivity contribution >= 4 is 17.4 Å².